The van der Waals surface area contributed by atoms with Gasteiger partial charge < -0.3 is 15.7 Å². The second-order valence-electron chi connectivity index (χ2n) is 5.12. The lowest BCUT2D eigenvalue weighted by molar-refractivity contribution is -0.140. The third-order valence-electron chi connectivity index (χ3n) is 3.40. The molecule has 2 atom stereocenters. The smallest absolute Gasteiger partial charge is 0.326 e. The average Bonchev–Trinajstić information content (AvgIpc) is 2.38. The van der Waals surface area contributed by atoms with E-state index < -0.39 is 18.0 Å². The van der Waals surface area contributed by atoms with Gasteiger partial charge in [0.05, 0.1) is 0 Å². The molecule has 5 heteroatoms. The summed E-state index contributed by atoms with van der Waals surface area (Å²) in [6.45, 7) is 7.56. The minimum atomic E-state index is -1.02. The molecule has 20 heavy (non-hydrogen) atoms. The number of benzene rings is 1. The molecule has 0 heterocycles. The van der Waals surface area contributed by atoms with Crippen molar-refractivity contribution in [2.45, 2.75) is 40.2 Å². The first-order chi connectivity index (χ1) is 9.35. The van der Waals surface area contributed by atoms with Gasteiger partial charge in [-0.1, -0.05) is 38.0 Å². The van der Waals surface area contributed by atoms with Crippen molar-refractivity contribution >= 4 is 17.7 Å². The molecule has 5 nitrogen and oxygen atoms in total. The summed E-state index contributed by atoms with van der Waals surface area (Å²) in [5.74, 6) is -1.15. The van der Waals surface area contributed by atoms with Gasteiger partial charge in [-0.05, 0) is 31.4 Å². The summed E-state index contributed by atoms with van der Waals surface area (Å²) in [7, 11) is 0. The van der Waals surface area contributed by atoms with Crippen molar-refractivity contribution in [2.24, 2.45) is 5.92 Å². The van der Waals surface area contributed by atoms with E-state index in [9.17, 15) is 9.59 Å². The molecule has 3 N–H and O–H groups in total. The number of carboxylic acid groups (broad SMARTS) is 1. The molecule has 0 fully saturated rings. The number of carbonyl (C=O) groups excluding carboxylic acids is 1. The Morgan fingerprint density at radius 1 is 1.30 bits per heavy atom. The molecule has 1 rings (SSSR count). The van der Waals surface area contributed by atoms with Crippen molar-refractivity contribution in [1.29, 1.82) is 0 Å². The summed E-state index contributed by atoms with van der Waals surface area (Å²) in [4.78, 5) is 23.1. The largest absolute Gasteiger partial charge is 0.480 e. The van der Waals surface area contributed by atoms with Crippen molar-refractivity contribution < 1.29 is 14.7 Å². The number of hydrogen-bond donors (Lipinski definition) is 3. The van der Waals surface area contributed by atoms with E-state index in [1.807, 2.05) is 39.0 Å². The van der Waals surface area contributed by atoms with E-state index in [0.29, 0.717) is 12.1 Å². The molecular formula is C15H22N2O3. The monoisotopic (exact) mass is 278 g/mol. The van der Waals surface area contributed by atoms with Crippen molar-refractivity contribution in [2.75, 3.05) is 5.32 Å². The number of aryl methyl sites for hydroxylation is 2. The number of carbonyl (C=O) groups is 2. The van der Waals surface area contributed by atoms with Crippen molar-refractivity contribution in [1.82, 2.24) is 5.32 Å². The van der Waals surface area contributed by atoms with Crippen LogP contribution in [0.2, 0.25) is 0 Å². The number of rotatable bonds is 5. The van der Waals surface area contributed by atoms with Crippen LogP contribution >= 0.6 is 0 Å². The first-order valence-electron chi connectivity index (χ1n) is 6.72. The number of anilines is 1. The van der Waals surface area contributed by atoms with E-state index in [1.165, 1.54) is 0 Å². The maximum Gasteiger partial charge on any atom is 0.326 e. The lowest BCUT2D eigenvalue weighted by Gasteiger charge is -2.20. The normalized spacial score (nSPS) is 13.4. The van der Waals surface area contributed by atoms with Gasteiger partial charge >= 0.3 is 12.0 Å². The Kier molecular flexibility index (Phi) is 5.55. The van der Waals surface area contributed by atoms with Crippen LogP contribution in [0.4, 0.5) is 10.5 Å². The zero-order valence-corrected chi connectivity index (χ0v) is 12.4. The third-order valence-corrected chi connectivity index (χ3v) is 3.40. The summed E-state index contributed by atoms with van der Waals surface area (Å²) in [6, 6.07) is 4.28. The molecule has 0 aliphatic heterocycles. The summed E-state index contributed by atoms with van der Waals surface area (Å²) in [6.07, 6.45) is 0.681. The Hall–Kier alpha value is -2.04. The van der Waals surface area contributed by atoms with Crippen molar-refractivity contribution in [3.05, 3.63) is 29.3 Å². The summed E-state index contributed by atoms with van der Waals surface area (Å²) < 4.78 is 0. The van der Waals surface area contributed by atoms with Gasteiger partial charge in [-0.15, -0.1) is 0 Å². The fourth-order valence-corrected chi connectivity index (χ4v) is 1.94. The molecule has 1 aromatic carbocycles. The van der Waals surface area contributed by atoms with Crippen LogP contribution in [0.25, 0.3) is 0 Å². The molecule has 2 amide bonds. The van der Waals surface area contributed by atoms with Gasteiger partial charge in [0.2, 0.25) is 0 Å². The van der Waals surface area contributed by atoms with Crippen LogP contribution in [0.15, 0.2) is 18.2 Å². The van der Waals surface area contributed by atoms with Crippen LogP contribution in [0.1, 0.15) is 31.4 Å². The Morgan fingerprint density at radius 3 is 2.45 bits per heavy atom. The number of urea groups is 1. The van der Waals surface area contributed by atoms with Gasteiger partial charge in [0, 0.05) is 5.69 Å². The first kappa shape index (κ1) is 16.0. The van der Waals surface area contributed by atoms with E-state index >= 15 is 0 Å². The molecule has 0 radical (unpaired) electrons. The molecule has 0 saturated carbocycles. The minimum absolute atomic E-state index is 0.127. The first-order valence-corrected chi connectivity index (χ1v) is 6.72. The Bertz CT molecular complexity index is 500. The highest BCUT2D eigenvalue weighted by molar-refractivity contribution is 5.92. The average molecular weight is 278 g/mol. The van der Waals surface area contributed by atoms with E-state index in [0.717, 1.165) is 11.1 Å². The standard InChI is InChI=1S/C15H22N2O3/c1-5-10(3)13(14(18)19)17-15(20)16-12-7-6-9(2)8-11(12)4/h6-8,10,13H,5H2,1-4H3,(H,18,19)(H2,16,17,20)/t10-,13-/m0/s1. The number of hydrogen-bond acceptors (Lipinski definition) is 2. The van der Waals surface area contributed by atoms with Crippen LogP contribution in [-0.4, -0.2) is 23.1 Å². The highest BCUT2D eigenvalue weighted by atomic mass is 16.4. The zero-order chi connectivity index (χ0) is 15.3. The summed E-state index contributed by atoms with van der Waals surface area (Å²) in [5.41, 5.74) is 2.73. The van der Waals surface area contributed by atoms with Crippen LogP contribution in [-0.2, 0) is 4.79 Å². The van der Waals surface area contributed by atoms with Crippen LogP contribution in [0.5, 0.6) is 0 Å². The highest BCUT2D eigenvalue weighted by Crippen LogP contribution is 2.16. The van der Waals surface area contributed by atoms with E-state index in [-0.39, 0.29) is 5.92 Å². The minimum Gasteiger partial charge on any atom is -0.480 e. The van der Waals surface area contributed by atoms with Gasteiger partial charge in [0.15, 0.2) is 0 Å². The van der Waals surface area contributed by atoms with E-state index in [1.54, 1.807) is 6.92 Å². The van der Waals surface area contributed by atoms with Crippen molar-refractivity contribution in [3.8, 4) is 0 Å². The van der Waals surface area contributed by atoms with Gasteiger partial charge in [-0.3, -0.25) is 0 Å². The second-order valence-corrected chi connectivity index (χ2v) is 5.12. The third kappa shape index (κ3) is 4.26. The number of carboxylic acids is 1. The quantitative estimate of drug-likeness (QED) is 0.775. The predicted octanol–water partition coefficient (Wildman–Crippen LogP) is 2.92. The lowest BCUT2D eigenvalue weighted by Crippen LogP contribution is -2.46. The van der Waals surface area contributed by atoms with Gasteiger partial charge in [0.1, 0.15) is 6.04 Å². The molecule has 0 unspecified atom stereocenters. The fourth-order valence-electron chi connectivity index (χ4n) is 1.94. The van der Waals surface area contributed by atoms with E-state index in [2.05, 4.69) is 10.6 Å². The summed E-state index contributed by atoms with van der Waals surface area (Å²) >= 11 is 0. The molecule has 0 aliphatic rings. The Balaban J connectivity index is 2.73. The zero-order valence-electron chi connectivity index (χ0n) is 12.4. The maximum absolute atomic E-state index is 11.9. The van der Waals surface area contributed by atoms with Crippen molar-refractivity contribution in [3.63, 3.8) is 0 Å². The molecule has 0 aromatic heterocycles. The topological polar surface area (TPSA) is 78.4 Å². The van der Waals surface area contributed by atoms with Gasteiger partial charge in [0.25, 0.3) is 0 Å². The molecule has 0 aliphatic carbocycles. The predicted molar refractivity (Wildman–Crippen MR) is 78.9 cm³/mol. The summed E-state index contributed by atoms with van der Waals surface area (Å²) in [5, 5.41) is 14.3. The molecule has 110 valence electrons. The lowest BCUT2D eigenvalue weighted by atomic mass is 9.99. The SMILES string of the molecule is CC[C@H](C)[C@H](NC(=O)Nc1ccc(C)cc1C)C(=O)O. The Morgan fingerprint density at radius 2 is 1.95 bits per heavy atom. The van der Waals surface area contributed by atoms with Gasteiger partial charge in [-0.25, -0.2) is 9.59 Å². The van der Waals surface area contributed by atoms with Crippen LogP contribution in [0.3, 0.4) is 0 Å². The molecule has 0 bridgehead atoms. The number of amides is 2. The molecular weight excluding hydrogens is 256 g/mol. The molecule has 0 spiro atoms. The Labute approximate surface area is 119 Å². The molecule has 0 saturated heterocycles. The number of aliphatic carboxylic acids is 1. The van der Waals surface area contributed by atoms with Crippen LogP contribution in [0, 0.1) is 19.8 Å². The highest BCUT2D eigenvalue weighted by Gasteiger charge is 2.25. The van der Waals surface area contributed by atoms with Crippen LogP contribution < -0.4 is 10.6 Å². The van der Waals surface area contributed by atoms with Gasteiger partial charge in [-0.2, -0.15) is 0 Å². The molecule has 1 aromatic rings. The number of nitrogens with one attached hydrogen (secondary N) is 2. The maximum atomic E-state index is 11.9. The second kappa shape index (κ2) is 6.93. The fraction of sp³-hybridized carbons (Fsp3) is 0.467. The van der Waals surface area contributed by atoms with E-state index in [4.69, 9.17) is 5.11 Å².